The van der Waals surface area contributed by atoms with Gasteiger partial charge in [-0.05, 0) is 48.9 Å². The molecule has 0 amide bonds. The van der Waals surface area contributed by atoms with E-state index in [0.29, 0.717) is 0 Å². The highest BCUT2D eigenvalue weighted by Crippen LogP contribution is 2.21. The number of benzene rings is 1. The fourth-order valence-corrected chi connectivity index (χ4v) is 2.65. The van der Waals surface area contributed by atoms with Gasteiger partial charge in [0.1, 0.15) is 6.61 Å². The van der Waals surface area contributed by atoms with Gasteiger partial charge in [0, 0.05) is 18.5 Å². The molecule has 1 heterocycles. The van der Waals surface area contributed by atoms with E-state index in [1.807, 2.05) is 25.1 Å². The molecular formula is C17H21NO3. The molecule has 1 aromatic carbocycles. The Hall–Kier alpha value is -2.10. The number of nitrogens with zero attached hydrogens (tertiary/aromatic N) is 1. The Morgan fingerprint density at radius 3 is 2.62 bits per heavy atom. The van der Waals surface area contributed by atoms with E-state index in [1.165, 1.54) is 18.1 Å². The molecule has 4 heteroatoms. The quantitative estimate of drug-likeness (QED) is 0.812. The molecule has 0 N–H and O–H groups in total. The van der Waals surface area contributed by atoms with Crippen LogP contribution in [0, 0.1) is 6.92 Å². The molecule has 0 aliphatic carbocycles. The number of hydrogen-bond donors (Lipinski definition) is 0. The average molecular weight is 287 g/mol. The summed E-state index contributed by atoms with van der Waals surface area (Å²) in [6, 6.07) is 5.66. The van der Waals surface area contributed by atoms with Gasteiger partial charge in [0.05, 0.1) is 6.04 Å². The van der Waals surface area contributed by atoms with E-state index in [0.717, 1.165) is 17.2 Å². The predicted molar refractivity (Wildman–Crippen MR) is 83.7 cm³/mol. The highest BCUT2D eigenvalue weighted by atomic mass is 16.5. The summed E-state index contributed by atoms with van der Waals surface area (Å²) >= 11 is 0. The first-order valence-electron chi connectivity index (χ1n) is 7.22. The van der Waals surface area contributed by atoms with Crippen LogP contribution in [-0.4, -0.2) is 17.1 Å². The van der Waals surface area contributed by atoms with Gasteiger partial charge in [-0.3, -0.25) is 9.59 Å². The van der Waals surface area contributed by atoms with Gasteiger partial charge in [-0.1, -0.05) is 13.0 Å². The Bertz CT molecular complexity index is 731. The van der Waals surface area contributed by atoms with E-state index >= 15 is 0 Å². The minimum atomic E-state index is -0.334. The molecule has 21 heavy (non-hydrogen) atoms. The first kappa shape index (κ1) is 15.3. The summed E-state index contributed by atoms with van der Waals surface area (Å²) in [5.41, 5.74) is 2.38. The molecule has 0 aliphatic heterocycles. The lowest BCUT2D eigenvalue weighted by Gasteiger charge is -2.16. The number of fused-ring (bicyclic) bond motifs is 1. The van der Waals surface area contributed by atoms with Gasteiger partial charge in [-0.2, -0.15) is 0 Å². The normalized spacial score (nSPS) is 12.4. The van der Waals surface area contributed by atoms with E-state index in [1.54, 1.807) is 10.8 Å². The van der Waals surface area contributed by atoms with Gasteiger partial charge in [0.25, 0.3) is 5.56 Å². The first-order chi connectivity index (χ1) is 9.95. The number of aromatic nitrogens is 1. The molecular weight excluding hydrogens is 266 g/mol. The number of hydrogen-bond acceptors (Lipinski definition) is 3. The maximum atomic E-state index is 12.6. The summed E-state index contributed by atoms with van der Waals surface area (Å²) in [5, 5.41) is 1.73. The summed E-state index contributed by atoms with van der Waals surface area (Å²) in [6.07, 6.45) is 2.69. The molecule has 0 aliphatic rings. The van der Waals surface area contributed by atoms with Crippen LogP contribution in [0.5, 0.6) is 0 Å². The van der Waals surface area contributed by atoms with Crippen molar-refractivity contribution in [3.63, 3.8) is 0 Å². The number of aryl methyl sites for hydroxylation is 2. The van der Waals surface area contributed by atoms with Crippen molar-refractivity contribution in [2.75, 3.05) is 6.61 Å². The smallest absolute Gasteiger partial charge is 0.302 e. The summed E-state index contributed by atoms with van der Waals surface area (Å²) in [6.45, 7) is 7.59. The summed E-state index contributed by atoms with van der Waals surface area (Å²) in [7, 11) is 0. The number of esters is 1. The van der Waals surface area contributed by atoms with Crippen molar-refractivity contribution in [1.82, 2.24) is 4.57 Å². The second-order valence-corrected chi connectivity index (χ2v) is 5.36. The van der Waals surface area contributed by atoms with Crippen LogP contribution in [0.25, 0.3) is 10.8 Å². The largest absolute Gasteiger partial charge is 0.464 e. The monoisotopic (exact) mass is 287 g/mol. The van der Waals surface area contributed by atoms with Crippen molar-refractivity contribution in [3.05, 3.63) is 45.9 Å². The minimum absolute atomic E-state index is 0.0400. The molecule has 0 bridgehead atoms. The number of pyridine rings is 1. The van der Waals surface area contributed by atoms with Gasteiger partial charge >= 0.3 is 5.97 Å². The molecule has 0 spiro atoms. The number of carbonyl (C=O) groups is 1. The molecule has 0 saturated carbocycles. The first-order valence-corrected chi connectivity index (χ1v) is 7.22. The Morgan fingerprint density at radius 2 is 2.00 bits per heavy atom. The van der Waals surface area contributed by atoms with Crippen molar-refractivity contribution in [2.24, 2.45) is 0 Å². The van der Waals surface area contributed by atoms with E-state index < -0.39 is 0 Å². The molecule has 4 nitrogen and oxygen atoms in total. The van der Waals surface area contributed by atoms with E-state index in [4.69, 9.17) is 4.74 Å². The Labute approximate surface area is 124 Å². The zero-order valence-corrected chi connectivity index (χ0v) is 13.0. The van der Waals surface area contributed by atoms with Crippen LogP contribution >= 0.6 is 0 Å². The number of rotatable bonds is 4. The SMILES string of the molecule is CCc1c(C)ccc2c(=O)n([C@H](C)COC(C)=O)ccc12. The molecule has 0 unspecified atom stereocenters. The summed E-state index contributed by atoms with van der Waals surface area (Å²) in [5.74, 6) is -0.334. The molecule has 1 aromatic heterocycles. The average Bonchev–Trinajstić information content (AvgIpc) is 2.45. The fourth-order valence-electron chi connectivity index (χ4n) is 2.65. The molecule has 2 aromatic rings. The van der Waals surface area contributed by atoms with Crippen molar-refractivity contribution in [2.45, 2.75) is 40.2 Å². The highest BCUT2D eigenvalue weighted by Gasteiger charge is 2.12. The van der Waals surface area contributed by atoms with Crippen LogP contribution in [-0.2, 0) is 16.0 Å². The molecule has 0 saturated heterocycles. The predicted octanol–water partition coefficient (Wildman–Crippen LogP) is 3.00. The zero-order chi connectivity index (χ0) is 15.6. The van der Waals surface area contributed by atoms with Gasteiger partial charge in [0.2, 0.25) is 0 Å². The van der Waals surface area contributed by atoms with E-state index in [2.05, 4.69) is 13.8 Å². The molecule has 1 atom stereocenters. The van der Waals surface area contributed by atoms with Crippen molar-refractivity contribution < 1.29 is 9.53 Å². The summed E-state index contributed by atoms with van der Waals surface area (Å²) < 4.78 is 6.62. The van der Waals surface area contributed by atoms with Crippen molar-refractivity contribution in [1.29, 1.82) is 0 Å². The Morgan fingerprint density at radius 1 is 1.29 bits per heavy atom. The van der Waals surface area contributed by atoms with Crippen molar-refractivity contribution >= 4 is 16.7 Å². The second kappa shape index (κ2) is 6.12. The lowest BCUT2D eigenvalue weighted by atomic mass is 9.99. The third-order valence-electron chi connectivity index (χ3n) is 3.81. The van der Waals surface area contributed by atoms with Crippen LogP contribution in [0.1, 0.15) is 37.9 Å². The van der Waals surface area contributed by atoms with Crippen LogP contribution in [0.4, 0.5) is 0 Å². The highest BCUT2D eigenvalue weighted by molar-refractivity contribution is 5.85. The van der Waals surface area contributed by atoms with E-state index in [-0.39, 0.29) is 24.2 Å². The fraction of sp³-hybridized carbons (Fsp3) is 0.412. The van der Waals surface area contributed by atoms with Crippen LogP contribution < -0.4 is 5.56 Å². The second-order valence-electron chi connectivity index (χ2n) is 5.36. The molecule has 0 fully saturated rings. The Kier molecular flexibility index (Phi) is 4.46. The van der Waals surface area contributed by atoms with Crippen LogP contribution in [0.15, 0.2) is 29.2 Å². The van der Waals surface area contributed by atoms with Gasteiger partial charge < -0.3 is 9.30 Å². The van der Waals surface area contributed by atoms with Crippen molar-refractivity contribution in [3.8, 4) is 0 Å². The molecule has 0 radical (unpaired) electrons. The lowest BCUT2D eigenvalue weighted by Crippen LogP contribution is -2.26. The third-order valence-corrected chi connectivity index (χ3v) is 3.81. The standard InChI is InChI=1S/C17H21NO3/c1-5-14-11(2)6-7-16-15(14)8-9-18(17(16)20)12(3)10-21-13(4)19/h6-9,12H,5,10H2,1-4H3/t12-/m1/s1. The zero-order valence-electron chi connectivity index (χ0n) is 13.0. The van der Waals surface area contributed by atoms with Crippen LogP contribution in [0.2, 0.25) is 0 Å². The lowest BCUT2D eigenvalue weighted by molar-refractivity contribution is -0.141. The third kappa shape index (κ3) is 2.99. The van der Waals surface area contributed by atoms with Crippen LogP contribution in [0.3, 0.4) is 0 Å². The van der Waals surface area contributed by atoms with Gasteiger partial charge in [-0.15, -0.1) is 0 Å². The summed E-state index contributed by atoms with van der Waals surface area (Å²) in [4.78, 5) is 23.5. The topological polar surface area (TPSA) is 48.3 Å². The Balaban J connectivity index is 2.50. The van der Waals surface area contributed by atoms with E-state index in [9.17, 15) is 9.59 Å². The molecule has 2 rings (SSSR count). The number of carbonyl (C=O) groups excluding carboxylic acids is 1. The van der Waals surface area contributed by atoms with Gasteiger partial charge in [-0.25, -0.2) is 0 Å². The molecule has 112 valence electrons. The number of ether oxygens (including phenoxy) is 1. The maximum Gasteiger partial charge on any atom is 0.302 e. The van der Waals surface area contributed by atoms with Gasteiger partial charge in [0.15, 0.2) is 0 Å². The maximum absolute atomic E-state index is 12.6. The minimum Gasteiger partial charge on any atom is -0.464 e.